The van der Waals surface area contributed by atoms with Crippen molar-refractivity contribution in [2.75, 3.05) is 14.2 Å². The summed E-state index contributed by atoms with van der Waals surface area (Å²) in [4.78, 5) is 0. The lowest BCUT2D eigenvalue weighted by Gasteiger charge is -2.27. The van der Waals surface area contributed by atoms with E-state index in [1.165, 1.54) is 11.1 Å². The molecular formula is C12H14O2. The molecule has 0 fully saturated rings. The summed E-state index contributed by atoms with van der Waals surface area (Å²) >= 11 is 0. The van der Waals surface area contributed by atoms with Gasteiger partial charge >= 0.3 is 0 Å². The molecule has 0 atom stereocenters. The molecule has 2 nitrogen and oxygen atoms in total. The monoisotopic (exact) mass is 190 g/mol. The number of rotatable bonds is 2. The Labute approximate surface area is 84.2 Å². The lowest BCUT2D eigenvalue weighted by Crippen LogP contribution is -2.27. The Morgan fingerprint density at radius 2 is 1.86 bits per heavy atom. The molecule has 1 aliphatic rings. The van der Waals surface area contributed by atoms with Gasteiger partial charge in [0.1, 0.15) is 0 Å². The standard InChI is InChI=1S/C12H14O2/c1-9-5-4-6-10-7-8-12(13-2,14-3)11(9)10/h4-8H,1-3H3. The second-order valence-electron chi connectivity index (χ2n) is 3.45. The van der Waals surface area contributed by atoms with Gasteiger partial charge in [0.15, 0.2) is 0 Å². The molecule has 0 aromatic heterocycles. The maximum Gasteiger partial charge on any atom is 0.215 e. The zero-order chi connectivity index (χ0) is 10.2. The van der Waals surface area contributed by atoms with Gasteiger partial charge in [-0.3, -0.25) is 0 Å². The summed E-state index contributed by atoms with van der Waals surface area (Å²) < 4.78 is 10.9. The smallest absolute Gasteiger partial charge is 0.215 e. The van der Waals surface area contributed by atoms with Crippen molar-refractivity contribution < 1.29 is 9.47 Å². The van der Waals surface area contributed by atoms with Crippen LogP contribution < -0.4 is 0 Å². The fourth-order valence-electron chi connectivity index (χ4n) is 2.01. The highest BCUT2D eigenvalue weighted by molar-refractivity contribution is 5.65. The van der Waals surface area contributed by atoms with E-state index in [-0.39, 0.29) is 0 Å². The van der Waals surface area contributed by atoms with Crippen LogP contribution in [-0.2, 0) is 15.3 Å². The van der Waals surface area contributed by atoms with Crippen LogP contribution in [0.2, 0.25) is 0 Å². The highest BCUT2D eigenvalue weighted by atomic mass is 16.7. The summed E-state index contributed by atoms with van der Waals surface area (Å²) in [7, 11) is 3.32. The third-order valence-corrected chi connectivity index (χ3v) is 2.74. The molecule has 0 radical (unpaired) electrons. The first-order chi connectivity index (χ1) is 6.73. The lowest BCUT2D eigenvalue weighted by atomic mass is 10.00. The molecule has 0 N–H and O–H groups in total. The number of aryl methyl sites for hydroxylation is 1. The van der Waals surface area contributed by atoms with Gasteiger partial charge in [-0.2, -0.15) is 0 Å². The number of hydrogen-bond acceptors (Lipinski definition) is 2. The van der Waals surface area contributed by atoms with Crippen molar-refractivity contribution in [3.63, 3.8) is 0 Å². The van der Waals surface area contributed by atoms with Crippen molar-refractivity contribution in [1.29, 1.82) is 0 Å². The van der Waals surface area contributed by atoms with Crippen LogP contribution >= 0.6 is 0 Å². The maximum atomic E-state index is 5.45. The van der Waals surface area contributed by atoms with E-state index in [9.17, 15) is 0 Å². The minimum absolute atomic E-state index is 0.680. The van der Waals surface area contributed by atoms with Crippen molar-refractivity contribution in [2.45, 2.75) is 12.7 Å². The molecule has 2 heteroatoms. The summed E-state index contributed by atoms with van der Waals surface area (Å²) in [5.41, 5.74) is 3.48. The van der Waals surface area contributed by atoms with Crippen LogP contribution in [-0.4, -0.2) is 14.2 Å². The second-order valence-corrected chi connectivity index (χ2v) is 3.45. The van der Waals surface area contributed by atoms with Gasteiger partial charge in [0.05, 0.1) is 0 Å². The van der Waals surface area contributed by atoms with E-state index in [0.717, 1.165) is 5.56 Å². The first-order valence-corrected chi connectivity index (χ1v) is 4.63. The number of fused-ring (bicyclic) bond motifs is 1. The second kappa shape index (κ2) is 3.23. The quantitative estimate of drug-likeness (QED) is 0.667. The summed E-state index contributed by atoms with van der Waals surface area (Å²) in [6.07, 6.45) is 3.99. The molecule has 1 aromatic carbocycles. The van der Waals surface area contributed by atoms with Crippen LogP contribution in [0.25, 0.3) is 6.08 Å². The van der Waals surface area contributed by atoms with Crippen molar-refractivity contribution in [1.82, 2.24) is 0 Å². The average molecular weight is 190 g/mol. The fourth-order valence-corrected chi connectivity index (χ4v) is 2.01. The highest BCUT2D eigenvalue weighted by Crippen LogP contribution is 2.38. The van der Waals surface area contributed by atoms with Crippen molar-refractivity contribution in [3.05, 3.63) is 41.0 Å². The Bertz CT molecular complexity index is 376. The van der Waals surface area contributed by atoms with Gasteiger partial charge in [-0.1, -0.05) is 24.3 Å². The lowest BCUT2D eigenvalue weighted by molar-refractivity contribution is -0.176. The Balaban J connectivity index is 2.62. The first-order valence-electron chi connectivity index (χ1n) is 4.63. The van der Waals surface area contributed by atoms with Crippen molar-refractivity contribution in [2.24, 2.45) is 0 Å². The van der Waals surface area contributed by atoms with Crippen LogP contribution in [0.15, 0.2) is 24.3 Å². The normalized spacial score (nSPS) is 17.1. The average Bonchev–Trinajstić information content (AvgIpc) is 2.59. The zero-order valence-electron chi connectivity index (χ0n) is 8.70. The van der Waals surface area contributed by atoms with Crippen molar-refractivity contribution >= 4 is 6.08 Å². The van der Waals surface area contributed by atoms with E-state index in [1.807, 2.05) is 18.2 Å². The Morgan fingerprint density at radius 3 is 2.50 bits per heavy atom. The number of benzene rings is 1. The topological polar surface area (TPSA) is 18.5 Å². The zero-order valence-corrected chi connectivity index (χ0v) is 8.70. The highest BCUT2D eigenvalue weighted by Gasteiger charge is 2.36. The van der Waals surface area contributed by atoms with Gasteiger partial charge in [0.2, 0.25) is 5.79 Å². The molecule has 1 aromatic rings. The molecule has 0 bridgehead atoms. The number of methoxy groups -OCH3 is 2. The van der Waals surface area contributed by atoms with E-state index in [1.54, 1.807) is 14.2 Å². The minimum atomic E-state index is -0.680. The molecular weight excluding hydrogens is 176 g/mol. The summed E-state index contributed by atoms with van der Waals surface area (Å²) in [6, 6.07) is 6.18. The maximum absolute atomic E-state index is 5.45. The summed E-state index contributed by atoms with van der Waals surface area (Å²) in [5, 5.41) is 0. The van der Waals surface area contributed by atoms with Crippen LogP contribution in [0.1, 0.15) is 16.7 Å². The largest absolute Gasteiger partial charge is 0.346 e. The molecule has 0 heterocycles. The predicted molar refractivity (Wildman–Crippen MR) is 55.9 cm³/mol. The minimum Gasteiger partial charge on any atom is -0.346 e. The molecule has 2 rings (SSSR count). The molecule has 0 saturated heterocycles. The Morgan fingerprint density at radius 1 is 1.14 bits per heavy atom. The summed E-state index contributed by atoms with van der Waals surface area (Å²) in [5.74, 6) is -0.680. The van der Waals surface area contributed by atoms with E-state index in [2.05, 4.69) is 19.1 Å². The molecule has 0 amide bonds. The van der Waals surface area contributed by atoms with Gasteiger partial charge in [-0.05, 0) is 24.1 Å². The molecule has 74 valence electrons. The molecule has 14 heavy (non-hydrogen) atoms. The molecule has 0 unspecified atom stereocenters. The molecule has 0 spiro atoms. The van der Waals surface area contributed by atoms with Crippen LogP contribution in [0.5, 0.6) is 0 Å². The first kappa shape index (κ1) is 9.44. The van der Waals surface area contributed by atoms with E-state index in [0.29, 0.717) is 0 Å². The van der Waals surface area contributed by atoms with E-state index < -0.39 is 5.79 Å². The van der Waals surface area contributed by atoms with Gasteiger partial charge in [0.25, 0.3) is 0 Å². The SMILES string of the molecule is COC1(OC)C=Cc2cccc(C)c21. The number of hydrogen-bond donors (Lipinski definition) is 0. The Kier molecular flexibility index (Phi) is 2.17. The number of ether oxygens (including phenoxy) is 2. The van der Waals surface area contributed by atoms with Gasteiger partial charge in [0, 0.05) is 19.8 Å². The Hall–Kier alpha value is -1.12. The van der Waals surface area contributed by atoms with Gasteiger partial charge in [-0.25, -0.2) is 0 Å². The van der Waals surface area contributed by atoms with Crippen LogP contribution in [0.3, 0.4) is 0 Å². The van der Waals surface area contributed by atoms with Crippen molar-refractivity contribution in [3.8, 4) is 0 Å². The van der Waals surface area contributed by atoms with E-state index in [4.69, 9.17) is 9.47 Å². The predicted octanol–water partition coefficient (Wildman–Crippen LogP) is 2.47. The van der Waals surface area contributed by atoms with E-state index >= 15 is 0 Å². The van der Waals surface area contributed by atoms with Gasteiger partial charge < -0.3 is 9.47 Å². The fraction of sp³-hybridized carbons (Fsp3) is 0.333. The van der Waals surface area contributed by atoms with Crippen LogP contribution in [0.4, 0.5) is 0 Å². The third-order valence-electron chi connectivity index (χ3n) is 2.74. The molecule has 0 aliphatic heterocycles. The third kappa shape index (κ3) is 1.11. The molecule has 0 saturated carbocycles. The van der Waals surface area contributed by atoms with Gasteiger partial charge in [-0.15, -0.1) is 0 Å². The summed E-state index contributed by atoms with van der Waals surface area (Å²) in [6.45, 7) is 2.07. The van der Waals surface area contributed by atoms with Crippen LogP contribution in [0, 0.1) is 6.92 Å². The molecule has 1 aliphatic carbocycles.